The highest BCUT2D eigenvalue weighted by molar-refractivity contribution is 5.83. The second kappa shape index (κ2) is 11.4. The van der Waals surface area contributed by atoms with E-state index in [1.807, 2.05) is 12.1 Å². The van der Waals surface area contributed by atoms with Crippen LogP contribution in [-0.4, -0.2) is 45.7 Å². The van der Waals surface area contributed by atoms with Crippen LogP contribution in [0.5, 0.6) is 0 Å². The average molecular weight is 460 g/mol. The minimum atomic E-state index is -3.46. The van der Waals surface area contributed by atoms with Gasteiger partial charge < -0.3 is 15.1 Å². The summed E-state index contributed by atoms with van der Waals surface area (Å²) in [5.41, 5.74) is -0.253. The molecule has 1 aliphatic heterocycles. The van der Waals surface area contributed by atoms with Gasteiger partial charge in [-0.1, -0.05) is 61.4 Å². The summed E-state index contributed by atoms with van der Waals surface area (Å²) in [5.74, 6) is -4.29. The van der Waals surface area contributed by atoms with Crippen LogP contribution in [0.1, 0.15) is 56.9 Å². The molecule has 2 atom stereocenters. The van der Waals surface area contributed by atoms with Gasteiger partial charge in [0.25, 0.3) is 0 Å². The molecule has 1 heterocycles. The molecule has 33 heavy (non-hydrogen) atoms. The quantitative estimate of drug-likeness (QED) is 0.355. The lowest BCUT2D eigenvalue weighted by atomic mass is 9.96. The van der Waals surface area contributed by atoms with E-state index in [0.717, 1.165) is 30.7 Å². The molecule has 0 saturated carbocycles. The fourth-order valence-corrected chi connectivity index (χ4v) is 4.27. The Morgan fingerprint density at radius 2 is 1.85 bits per heavy atom. The fourth-order valence-electron chi connectivity index (χ4n) is 4.27. The number of hydrogen-bond donors (Lipinski definition) is 2. The third-order valence-corrected chi connectivity index (χ3v) is 6.17. The molecule has 178 valence electrons. The zero-order valence-corrected chi connectivity index (χ0v) is 18.6. The van der Waals surface area contributed by atoms with Gasteiger partial charge in [0.2, 0.25) is 5.91 Å². The number of halogens is 2. The molecule has 2 N–H and O–H groups in total. The SMILES string of the molecule is O=C(O)CCCCCCN1C(=O)CCCC1C=CC(O)C(F)(F)c1ccc2ccccc2c1. The highest BCUT2D eigenvalue weighted by Crippen LogP contribution is 2.34. The van der Waals surface area contributed by atoms with Gasteiger partial charge in [-0.2, -0.15) is 8.78 Å². The summed E-state index contributed by atoms with van der Waals surface area (Å²) in [6, 6.07) is 11.2. The Morgan fingerprint density at radius 1 is 1.12 bits per heavy atom. The summed E-state index contributed by atoms with van der Waals surface area (Å²) >= 11 is 0. The van der Waals surface area contributed by atoms with Crippen LogP contribution in [0, 0.1) is 0 Å². The number of aliphatic carboxylic acids is 1. The van der Waals surface area contributed by atoms with E-state index in [0.29, 0.717) is 37.6 Å². The van der Waals surface area contributed by atoms with Crippen molar-refractivity contribution >= 4 is 22.6 Å². The molecular weight excluding hydrogens is 428 g/mol. The number of fused-ring (bicyclic) bond motifs is 1. The first kappa shape index (κ1) is 24.8. The summed E-state index contributed by atoms with van der Waals surface area (Å²) in [6.07, 6.45) is 5.44. The Balaban J connectivity index is 1.62. The van der Waals surface area contributed by atoms with Crippen LogP contribution in [0.4, 0.5) is 8.78 Å². The summed E-state index contributed by atoms with van der Waals surface area (Å²) in [4.78, 5) is 24.7. The number of unbranched alkanes of at least 4 members (excludes halogenated alkanes) is 3. The molecule has 7 heteroatoms. The number of carbonyl (C=O) groups is 2. The predicted octanol–water partition coefficient (Wildman–Crippen LogP) is 5.26. The van der Waals surface area contributed by atoms with E-state index in [-0.39, 0.29) is 23.9 Å². The first-order valence-electron chi connectivity index (χ1n) is 11.5. The number of nitrogens with zero attached hydrogens (tertiary/aromatic N) is 1. The minimum absolute atomic E-state index is 0.0165. The van der Waals surface area contributed by atoms with Gasteiger partial charge >= 0.3 is 11.9 Å². The smallest absolute Gasteiger partial charge is 0.303 e. The van der Waals surface area contributed by atoms with Crippen molar-refractivity contribution in [2.24, 2.45) is 0 Å². The monoisotopic (exact) mass is 459 g/mol. The van der Waals surface area contributed by atoms with Crippen molar-refractivity contribution in [1.29, 1.82) is 0 Å². The van der Waals surface area contributed by atoms with Crippen molar-refractivity contribution in [2.45, 2.75) is 69.4 Å². The van der Waals surface area contributed by atoms with Crippen LogP contribution < -0.4 is 0 Å². The number of hydrogen-bond acceptors (Lipinski definition) is 3. The molecule has 2 unspecified atom stereocenters. The second-order valence-electron chi connectivity index (χ2n) is 8.62. The van der Waals surface area contributed by atoms with Gasteiger partial charge in [0, 0.05) is 24.9 Å². The third-order valence-electron chi connectivity index (χ3n) is 6.17. The van der Waals surface area contributed by atoms with Gasteiger partial charge in [-0.05, 0) is 42.5 Å². The third kappa shape index (κ3) is 6.60. The standard InChI is InChI=1S/C26H31F2NO4/c27-26(28,21-14-13-19-8-4-5-9-20(19)18-21)23(30)16-15-22-10-7-11-24(31)29(22)17-6-2-1-3-12-25(32)33/h4-5,8-9,13-16,18,22-23,30H,1-3,6-7,10-12,17H2,(H,32,33). The number of carboxylic acids is 1. The van der Waals surface area contributed by atoms with Gasteiger partial charge in [-0.15, -0.1) is 0 Å². The highest BCUT2D eigenvalue weighted by Gasteiger charge is 2.39. The van der Waals surface area contributed by atoms with Gasteiger partial charge in [0.15, 0.2) is 0 Å². The van der Waals surface area contributed by atoms with Crippen LogP contribution in [0.25, 0.3) is 10.8 Å². The Morgan fingerprint density at radius 3 is 2.61 bits per heavy atom. The molecule has 1 aliphatic rings. The lowest BCUT2D eigenvalue weighted by Gasteiger charge is -2.34. The topological polar surface area (TPSA) is 77.8 Å². The number of carbonyl (C=O) groups excluding carboxylic acids is 1. The first-order chi connectivity index (χ1) is 15.8. The average Bonchev–Trinajstić information content (AvgIpc) is 2.80. The molecule has 0 aromatic heterocycles. The summed E-state index contributed by atoms with van der Waals surface area (Å²) in [7, 11) is 0. The zero-order valence-electron chi connectivity index (χ0n) is 18.6. The van der Waals surface area contributed by atoms with E-state index >= 15 is 0 Å². The number of rotatable bonds is 11. The Kier molecular flexibility index (Phi) is 8.55. The Labute approximate surface area is 192 Å². The number of amides is 1. The molecule has 0 bridgehead atoms. The minimum Gasteiger partial charge on any atom is -0.481 e. The second-order valence-corrected chi connectivity index (χ2v) is 8.62. The Bertz CT molecular complexity index is 991. The van der Waals surface area contributed by atoms with Gasteiger partial charge in [0.1, 0.15) is 6.10 Å². The maximum Gasteiger partial charge on any atom is 0.303 e. The number of piperidine rings is 1. The van der Waals surface area contributed by atoms with E-state index < -0.39 is 18.0 Å². The van der Waals surface area contributed by atoms with Crippen LogP contribution in [0.3, 0.4) is 0 Å². The summed E-state index contributed by atoms with van der Waals surface area (Å²) in [5, 5.41) is 20.5. The molecule has 0 radical (unpaired) electrons. The molecule has 1 saturated heterocycles. The van der Waals surface area contributed by atoms with E-state index in [4.69, 9.17) is 5.11 Å². The summed E-state index contributed by atoms with van der Waals surface area (Å²) in [6.45, 7) is 0.498. The van der Waals surface area contributed by atoms with E-state index in [9.17, 15) is 23.5 Å². The van der Waals surface area contributed by atoms with E-state index in [2.05, 4.69) is 0 Å². The maximum atomic E-state index is 15.0. The highest BCUT2D eigenvalue weighted by atomic mass is 19.3. The maximum absolute atomic E-state index is 15.0. The van der Waals surface area contributed by atoms with Crippen molar-refractivity contribution in [1.82, 2.24) is 4.90 Å². The molecule has 0 aliphatic carbocycles. The number of aliphatic hydroxyl groups excluding tert-OH is 1. The molecule has 1 fully saturated rings. The van der Waals surface area contributed by atoms with Gasteiger partial charge in [0.05, 0.1) is 6.04 Å². The summed E-state index contributed by atoms with van der Waals surface area (Å²) < 4.78 is 29.9. The van der Waals surface area contributed by atoms with Gasteiger partial charge in [-0.3, -0.25) is 9.59 Å². The van der Waals surface area contributed by atoms with Gasteiger partial charge in [-0.25, -0.2) is 0 Å². The molecule has 5 nitrogen and oxygen atoms in total. The Hall–Kier alpha value is -2.80. The normalized spacial score (nSPS) is 18.2. The molecule has 3 rings (SSSR count). The first-order valence-corrected chi connectivity index (χ1v) is 11.5. The number of alkyl halides is 2. The lowest BCUT2D eigenvalue weighted by molar-refractivity contribution is -0.137. The molecular formula is C26H31F2NO4. The largest absolute Gasteiger partial charge is 0.481 e. The van der Waals surface area contributed by atoms with Crippen LogP contribution in [0.15, 0.2) is 54.6 Å². The van der Waals surface area contributed by atoms with Crippen LogP contribution in [0.2, 0.25) is 0 Å². The zero-order chi connectivity index (χ0) is 23.8. The number of aliphatic hydroxyl groups is 1. The molecule has 1 amide bonds. The number of carboxylic acid groups (broad SMARTS) is 1. The molecule has 2 aromatic rings. The lowest BCUT2D eigenvalue weighted by Crippen LogP contribution is -2.43. The van der Waals surface area contributed by atoms with E-state index in [1.165, 1.54) is 18.2 Å². The van der Waals surface area contributed by atoms with Crippen molar-refractivity contribution in [3.63, 3.8) is 0 Å². The fraction of sp³-hybridized carbons (Fsp3) is 0.462. The van der Waals surface area contributed by atoms with Crippen LogP contribution in [-0.2, 0) is 15.5 Å². The molecule has 2 aromatic carbocycles. The predicted molar refractivity (Wildman–Crippen MR) is 123 cm³/mol. The van der Waals surface area contributed by atoms with Crippen molar-refractivity contribution < 1.29 is 28.6 Å². The number of benzene rings is 2. The van der Waals surface area contributed by atoms with Crippen molar-refractivity contribution in [2.75, 3.05) is 6.54 Å². The molecule has 0 spiro atoms. The van der Waals surface area contributed by atoms with Crippen molar-refractivity contribution in [3.05, 3.63) is 60.2 Å². The number of likely N-dealkylation sites (tertiary alicyclic amines) is 1. The van der Waals surface area contributed by atoms with Crippen LogP contribution >= 0.6 is 0 Å². The van der Waals surface area contributed by atoms with Crippen molar-refractivity contribution in [3.8, 4) is 0 Å². The van der Waals surface area contributed by atoms with E-state index in [1.54, 1.807) is 23.1 Å².